The van der Waals surface area contributed by atoms with Crippen molar-refractivity contribution < 1.29 is 4.52 Å². The van der Waals surface area contributed by atoms with E-state index in [2.05, 4.69) is 20.9 Å². The fraction of sp³-hybridized carbons (Fsp3) is 0.0588. The van der Waals surface area contributed by atoms with Gasteiger partial charge in [0.15, 0.2) is 5.58 Å². The van der Waals surface area contributed by atoms with Gasteiger partial charge in [0.2, 0.25) is 0 Å². The van der Waals surface area contributed by atoms with E-state index in [1.54, 1.807) is 13.2 Å². The van der Waals surface area contributed by atoms with E-state index < -0.39 is 0 Å². The van der Waals surface area contributed by atoms with Gasteiger partial charge in [-0.2, -0.15) is 4.74 Å². The first kappa shape index (κ1) is 13.3. The first-order valence-electron chi connectivity index (χ1n) is 6.79. The van der Waals surface area contributed by atoms with Crippen molar-refractivity contribution in [2.45, 2.75) is 0 Å². The molecule has 0 fully saturated rings. The van der Waals surface area contributed by atoms with Crippen molar-refractivity contribution in [2.24, 2.45) is 7.05 Å². The normalized spacial score (nSPS) is 11.4. The van der Waals surface area contributed by atoms with Crippen molar-refractivity contribution in [3.05, 3.63) is 63.5 Å². The zero-order valence-corrected chi connectivity index (χ0v) is 13.3. The molecule has 0 unspecified atom stereocenters. The number of rotatable bonds is 1. The minimum Gasteiger partial charge on any atom is -0.375 e. The average molecular weight is 355 g/mol. The number of hydrogen-bond donors (Lipinski definition) is 0. The molecule has 0 aliphatic heterocycles. The van der Waals surface area contributed by atoms with E-state index in [0.29, 0.717) is 11.0 Å². The van der Waals surface area contributed by atoms with Crippen LogP contribution in [0.25, 0.3) is 33.0 Å². The van der Waals surface area contributed by atoms with Crippen LogP contribution in [-0.2, 0) is 7.05 Å². The molecule has 0 saturated heterocycles. The van der Waals surface area contributed by atoms with Crippen molar-refractivity contribution in [3.63, 3.8) is 0 Å². The molecule has 0 aliphatic carbocycles. The summed E-state index contributed by atoms with van der Waals surface area (Å²) in [6, 6.07) is 13.6. The van der Waals surface area contributed by atoms with Crippen molar-refractivity contribution in [1.29, 1.82) is 0 Å². The summed E-state index contributed by atoms with van der Waals surface area (Å²) in [4.78, 5) is 16.7. The van der Waals surface area contributed by atoms with Gasteiger partial charge in [-0.25, -0.2) is 0 Å². The topological polar surface area (TPSA) is 48.0 Å². The van der Waals surface area contributed by atoms with Crippen molar-refractivity contribution >= 4 is 37.7 Å². The van der Waals surface area contributed by atoms with Crippen LogP contribution in [0, 0.1) is 0 Å². The number of hydrogen-bond acceptors (Lipinski definition) is 3. The number of nitrogens with zero attached hydrogens (tertiary/aromatic N) is 2. The quantitative estimate of drug-likeness (QED) is 0.516. The Balaban J connectivity index is 2.18. The summed E-state index contributed by atoms with van der Waals surface area (Å²) in [5.41, 5.74) is 2.22. The monoisotopic (exact) mass is 354 g/mol. The molecule has 0 aliphatic rings. The van der Waals surface area contributed by atoms with Gasteiger partial charge in [-0.3, -0.25) is 9.78 Å². The molecule has 0 amide bonds. The van der Waals surface area contributed by atoms with Crippen LogP contribution in [-0.4, -0.2) is 9.72 Å². The van der Waals surface area contributed by atoms with Gasteiger partial charge < -0.3 is 4.52 Å². The van der Waals surface area contributed by atoms with Crippen LogP contribution in [0.5, 0.6) is 0 Å². The Morgan fingerprint density at radius 3 is 2.59 bits per heavy atom. The maximum atomic E-state index is 12.3. The third kappa shape index (κ3) is 1.89. The first-order valence-corrected chi connectivity index (χ1v) is 7.58. The number of aryl methyl sites for hydroxylation is 1. The van der Waals surface area contributed by atoms with E-state index >= 15 is 0 Å². The Hall–Kier alpha value is -2.40. The summed E-state index contributed by atoms with van der Waals surface area (Å²) in [6.07, 6.45) is 1.75. The summed E-state index contributed by atoms with van der Waals surface area (Å²) in [6.45, 7) is 0. The molecule has 2 aromatic heterocycles. The average Bonchev–Trinajstić information content (AvgIpc) is 2.83. The van der Waals surface area contributed by atoms with E-state index in [4.69, 9.17) is 4.52 Å². The second kappa shape index (κ2) is 4.81. The smallest absolute Gasteiger partial charge is 0.290 e. The highest BCUT2D eigenvalue weighted by Gasteiger charge is 2.15. The van der Waals surface area contributed by atoms with Crippen LogP contribution in [0.3, 0.4) is 0 Å². The standard InChI is InChI=1S/C17H11BrN2O2/c1-20-17(21)14-8-13(15-7-6-10(18)9-19-15)11-4-2-3-5-12(11)16(14)22-20/h2-9H,1H3. The lowest BCUT2D eigenvalue weighted by atomic mass is 9.99. The zero-order chi connectivity index (χ0) is 15.3. The van der Waals surface area contributed by atoms with Crippen LogP contribution < -0.4 is 5.56 Å². The molecule has 4 rings (SSSR count). The summed E-state index contributed by atoms with van der Waals surface area (Å²) in [5.74, 6) is 0. The molecule has 0 saturated carbocycles. The Morgan fingerprint density at radius 1 is 1.09 bits per heavy atom. The SMILES string of the molecule is Cn1oc2c(cc(-c3ccc(Br)cn3)c3ccccc32)c1=O. The molecule has 0 bridgehead atoms. The van der Waals surface area contributed by atoms with Crippen LogP contribution in [0.4, 0.5) is 0 Å². The molecule has 2 aromatic carbocycles. The fourth-order valence-corrected chi connectivity index (χ4v) is 2.94. The van der Waals surface area contributed by atoms with Crippen LogP contribution in [0.2, 0.25) is 0 Å². The van der Waals surface area contributed by atoms with Gasteiger partial charge in [-0.15, -0.1) is 0 Å². The van der Waals surface area contributed by atoms with Gasteiger partial charge in [0.25, 0.3) is 5.56 Å². The van der Waals surface area contributed by atoms with E-state index in [1.807, 2.05) is 42.5 Å². The Kier molecular flexibility index (Phi) is 2.90. The minimum atomic E-state index is -0.140. The molecular formula is C17H11BrN2O2. The predicted octanol–water partition coefficient (Wildman–Crippen LogP) is 4.11. The van der Waals surface area contributed by atoms with Gasteiger partial charge >= 0.3 is 0 Å². The van der Waals surface area contributed by atoms with Gasteiger partial charge in [0.05, 0.1) is 11.1 Å². The second-order valence-corrected chi connectivity index (χ2v) is 6.02. The Bertz CT molecular complexity index is 1060. The maximum absolute atomic E-state index is 12.3. The molecule has 2 heterocycles. The van der Waals surface area contributed by atoms with Gasteiger partial charge in [0.1, 0.15) is 0 Å². The zero-order valence-electron chi connectivity index (χ0n) is 11.7. The highest BCUT2D eigenvalue weighted by molar-refractivity contribution is 9.10. The molecule has 5 heteroatoms. The number of aromatic nitrogens is 2. The highest BCUT2D eigenvalue weighted by atomic mass is 79.9. The fourth-order valence-electron chi connectivity index (χ4n) is 2.70. The molecular weight excluding hydrogens is 344 g/mol. The van der Waals surface area contributed by atoms with Gasteiger partial charge in [-0.05, 0) is 39.5 Å². The highest BCUT2D eigenvalue weighted by Crippen LogP contribution is 2.33. The Morgan fingerprint density at radius 2 is 1.86 bits per heavy atom. The lowest BCUT2D eigenvalue weighted by molar-refractivity contribution is 0.325. The van der Waals surface area contributed by atoms with Crippen molar-refractivity contribution in [3.8, 4) is 11.3 Å². The first-order chi connectivity index (χ1) is 10.6. The number of pyridine rings is 1. The largest absolute Gasteiger partial charge is 0.375 e. The lowest BCUT2D eigenvalue weighted by Gasteiger charge is -2.06. The lowest BCUT2D eigenvalue weighted by Crippen LogP contribution is -2.08. The molecule has 4 nitrogen and oxygen atoms in total. The number of halogens is 1. The molecule has 0 spiro atoms. The molecule has 0 N–H and O–H groups in total. The van der Waals surface area contributed by atoms with E-state index in [-0.39, 0.29) is 5.56 Å². The maximum Gasteiger partial charge on any atom is 0.290 e. The third-order valence-electron chi connectivity index (χ3n) is 3.74. The number of benzene rings is 2. The van der Waals surface area contributed by atoms with E-state index in [0.717, 1.165) is 26.5 Å². The summed E-state index contributed by atoms with van der Waals surface area (Å²) >= 11 is 3.39. The summed E-state index contributed by atoms with van der Waals surface area (Å²) < 4.78 is 7.78. The van der Waals surface area contributed by atoms with Gasteiger partial charge in [0, 0.05) is 28.7 Å². The molecule has 0 atom stereocenters. The summed E-state index contributed by atoms with van der Waals surface area (Å²) in [7, 11) is 1.62. The molecule has 4 aromatic rings. The third-order valence-corrected chi connectivity index (χ3v) is 4.21. The second-order valence-electron chi connectivity index (χ2n) is 5.10. The van der Waals surface area contributed by atoms with Crippen molar-refractivity contribution in [1.82, 2.24) is 9.72 Å². The Labute approximate surface area is 134 Å². The number of fused-ring (bicyclic) bond motifs is 3. The molecule has 108 valence electrons. The summed E-state index contributed by atoms with van der Waals surface area (Å²) in [5, 5.41) is 2.50. The van der Waals surface area contributed by atoms with Gasteiger partial charge in [-0.1, -0.05) is 24.3 Å². The van der Waals surface area contributed by atoms with E-state index in [9.17, 15) is 4.79 Å². The molecule has 22 heavy (non-hydrogen) atoms. The van der Waals surface area contributed by atoms with Crippen LogP contribution in [0.15, 0.2) is 62.5 Å². The van der Waals surface area contributed by atoms with Crippen LogP contribution >= 0.6 is 15.9 Å². The molecule has 0 radical (unpaired) electrons. The minimum absolute atomic E-state index is 0.140. The van der Waals surface area contributed by atoms with E-state index in [1.165, 1.54) is 4.74 Å². The van der Waals surface area contributed by atoms with Crippen LogP contribution in [0.1, 0.15) is 0 Å². The predicted molar refractivity (Wildman–Crippen MR) is 89.9 cm³/mol. The van der Waals surface area contributed by atoms with Crippen molar-refractivity contribution in [2.75, 3.05) is 0 Å².